The summed E-state index contributed by atoms with van der Waals surface area (Å²) >= 11 is 0. The summed E-state index contributed by atoms with van der Waals surface area (Å²) in [5, 5.41) is 9.36. The second-order valence-electron chi connectivity index (χ2n) is 5.95. The van der Waals surface area contributed by atoms with Gasteiger partial charge in [0.25, 0.3) is 0 Å². The van der Waals surface area contributed by atoms with Gasteiger partial charge in [0.1, 0.15) is 12.5 Å². The predicted molar refractivity (Wildman–Crippen MR) is 76.0 cm³/mol. The van der Waals surface area contributed by atoms with E-state index in [9.17, 15) is 10.1 Å². The Morgan fingerprint density at radius 1 is 1.19 bits per heavy atom. The lowest BCUT2D eigenvalue weighted by molar-refractivity contribution is -0.933. The molecule has 0 radical (unpaired) electrons. The van der Waals surface area contributed by atoms with Gasteiger partial charge in [0.05, 0.1) is 25.7 Å². The van der Waals surface area contributed by atoms with Crippen LogP contribution in [0.3, 0.4) is 0 Å². The highest BCUT2D eigenvalue weighted by Gasteiger charge is 2.41. The van der Waals surface area contributed by atoms with Crippen LogP contribution in [0.4, 0.5) is 0 Å². The summed E-state index contributed by atoms with van der Waals surface area (Å²) in [7, 11) is 0. The van der Waals surface area contributed by atoms with Gasteiger partial charge in [-0.05, 0) is 5.56 Å². The highest BCUT2D eigenvalue weighted by atomic mass is 79.9. The summed E-state index contributed by atoms with van der Waals surface area (Å²) in [6, 6.07) is 11.6. The highest BCUT2D eigenvalue weighted by molar-refractivity contribution is 5.89. The number of hydrogen-bond donors (Lipinski definition) is 0. The number of hydrogen-bond acceptors (Lipinski definition) is 3. The number of ketones is 1. The molecule has 0 aliphatic carbocycles. The van der Waals surface area contributed by atoms with Crippen LogP contribution in [0.5, 0.6) is 0 Å². The zero-order valence-electron chi connectivity index (χ0n) is 12.0. The van der Waals surface area contributed by atoms with Crippen LogP contribution in [-0.2, 0) is 4.79 Å². The van der Waals surface area contributed by atoms with Crippen LogP contribution in [0.1, 0.15) is 11.5 Å². The van der Waals surface area contributed by atoms with Crippen molar-refractivity contribution in [1.29, 1.82) is 5.26 Å². The van der Waals surface area contributed by atoms with Gasteiger partial charge in [-0.3, -0.25) is 9.69 Å². The summed E-state index contributed by atoms with van der Waals surface area (Å²) in [6.45, 7) is 6.96. The molecule has 0 aromatic heterocycles. The van der Waals surface area contributed by atoms with Gasteiger partial charge in [0.2, 0.25) is 5.78 Å². The van der Waals surface area contributed by atoms with Gasteiger partial charge in [-0.15, -0.1) is 0 Å². The normalized spacial score (nSPS) is 28.2. The van der Waals surface area contributed by atoms with E-state index in [-0.39, 0.29) is 22.8 Å². The van der Waals surface area contributed by atoms with Crippen molar-refractivity contribution in [2.24, 2.45) is 0 Å². The molecule has 3 heterocycles. The van der Waals surface area contributed by atoms with Gasteiger partial charge in [0, 0.05) is 19.6 Å². The third kappa shape index (κ3) is 3.34. The lowest BCUT2D eigenvalue weighted by atomic mass is 9.94. The second-order valence-corrected chi connectivity index (χ2v) is 5.95. The summed E-state index contributed by atoms with van der Waals surface area (Å²) in [6.07, 6.45) is 0. The minimum Gasteiger partial charge on any atom is -1.00 e. The smallest absolute Gasteiger partial charge is 0.208 e. The first kappa shape index (κ1) is 16.2. The van der Waals surface area contributed by atoms with Crippen molar-refractivity contribution >= 4 is 5.78 Å². The summed E-state index contributed by atoms with van der Waals surface area (Å²) in [5.74, 6) is -0.530. The van der Waals surface area contributed by atoms with Crippen molar-refractivity contribution in [3.05, 3.63) is 35.9 Å². The molecule has 1 aromatic carbocycles. The lowest BCUT2D eigenvalue weighted by Gasteiger charge is -2.50. The molecule has 4 nitrogen and oxygen atoms in total. The van der Waals surface area contributed by atoms with Crippen molar-refractivity contribution in [3.63, 3.8) is 0 Å². The van der Waals surface area contributed by atoms with Crippen LogP contribution < -0.4 is 17.0 Å². The molecule has 5 heteroatoms. The third-order valence-electron chi connectivity index (χ3n) is 4.75. The number of rotatable bonds is 4. The summed E-state index contributed by atoms with van der Waals surface area (Å²) in [4.78, 5) is 15.0. The van der Waals surface area contributed by atoms with Crippen LogP contribution in [0.2, 0.25) is 0 Å². The fourth-order valence-electron chi connectivity index (χ4n) is 3.37. The van der Waals surface area contributed by atoms with E-state index in [1.54, 1.807) is 0 Å². The molecule has 0 saturated carbocycles. The van der Waals surface area contributed by atoms with Gasteiger partial charge in [-0.2, -0.15) is 5.26 Å². The maximum atomic E-state index is 12.6. The lowest BCUT2D eigenvalue weighted by Crippen LogP contribution is -3.00. The Hall–Kier alpha value is -1.22. The first-order valence-corrected chi connectivity index (χ1v) is 7.27. The largest absolute Gasteiger partial charge is 1.00 e. The maximum Gasteiger partial charge on any atom is 0.208 e. The van der Waals surface area contributed by atoms with E-state index in [0.29, 0.717) is 6.54 Å². The maximum absolute atomic E-state index is 12.6. The molecule has 3 fully saturated rings. The number of fused-ring (bicyclic) bond motifs is 3. The molecular weight excluding hydrogens is 330 g/mol. The molecule has 21 heavy (non-hydrogen) atoms. The molecule has 4 rings (SSSR count). The molecule has 1 atom stereocenters. The Morgan fingerprint density at radius 2 is 1.76 bits per heavy atom. The number of nitriles is 1. The Labute approximate surface area is 136 Å². The minimum absolute atomic E-state index is 0. The number of carbonyl (C=O) groups excluding carboxylic acids is 1. The van der Waals surface area contributed by atoms with Gasteiger partial charge in [0.15, 0.2) is 0 Å². The zero-order valence-corrected chi connectivity index (χ0v) is 13.6. The number of Topliss-reactive ketones (excluding diaryl/α,β-unsaturated/α-hetero) is 1. The first-order chi connectivity index (χ1) is 9.72. The van der Waals surface area contributed by atoms with Gasteiger partial charge in [-0.1, -0.05) is 30.3 Å². The van der Waals surface area contributed by atoms with E-state index >= 15 is 0 Å². The monoisotopic (exact) mass is 349 g/mol. The number of carbonyl (C=O) groups is 1. The van der Waals surface area contributed by atoms with Crippen LogP contribution in [0.25, 0.3) is 0 Å². The third-order valence-corrected chi connectivity index (χ3v) is 4.75. The fraction of sp³-hybridized carbons (Fsp3) is 0.500. The van der Waals surface area contributed by atoms with E-state index < -0.39 is 5.92 Å². The number of halogens is 1. The van der Waals surface area contributed by atoms with Crippen LogP contribution >= 0.6 is 0 Å². The van der Waals surface area contributed by atoms with Crippen molar-refractivity contribution in [2.45, 2.75) is 5.92 Å². The molecule has 3 aliphatic rings. The van der Waals surface area contributed by atoms with E-state index in [1.165, 1.54) is 0 Å². The van der Waals surface area contributed by atoms with Crippen molar-refractivity contribution < 1.29 is 26.3 Å². The topological polar surface area (TPSA) is 44.1 Å². The van der Waals surface area contributed by atoms with Gasteiger partial charge in [-0.25, -0.2) is 0 Å². The number of nitrogens with zero attached hydrogens (tertiary/aromatic N) is 3. The van der Waals surface area contributed by atoms with E-state index in [0.717, 1.165) is 49.3 Å². The quantitative estimate of drug-likeness (QED) is 0.591. The molecule has 0 amide bonds. The van der Waals surface area contributed by atoms with Gasteiger partial charge >= 0.3 is 0 Å². The average Bonchev–Trinajstić information content (AvgIpc) is 2.50. The molecule has 112 valence electrons. The Balaban J connectivity index is 0.00000161. The molecule has 1 aromatic rings. The van der Waals surface area contributed by atoms with Crippen LogP contribution in [-0.4, -0.2) is 61.0 Å². The van der Waals surface area contributed by atoms with Gasteiger partial charge < -0.3 is 21.5 Å². The average molecular weight is 350 g/mol. The SMILES string of the molecule is N#CC(C(=O)C[N+]12CCN(CC1)CC2)c1ccccc1.[Br-]. The van der Waals surface area contributed by atoms with Crippen LogP contribution in [0, 0.1) is 11.3 Å². The fourth-order valence-corrected chi connectivity index (χ4v) is 3.37. The standard InChI is InChI=1S/C16H20N3O.BrH/c17-12-15(14-4-2-1-3-5-14)16(20)13-19-9-6-18(7-10-19)8-11-19;/h1-5,15H,6-11,13H2;1H/q+1;/p-1. The highest BCUT2D eigenvalue weighted by Crippen LogP contribution is 2.23. The molecule has 3 saturated heterocycles. The van der Waals surface area contributed by atoms with Crippen LogP contribution in [0.15, 0.2) is 30.3 Å². The Morgan fingerprint density at radius 3 is 2.29 bits per heavy atom. The van der Waals surface area contributed by atoms with Crippen molar-refractivity contribution in [3.8, 4) is 6.07 Å². The second kappa shape index (κ2) is 6.69. The molecule has 1 unspecified atom stereocenters. The first-order valence-electron chi connectivity index (χ1n) is 7.27. The number of benzene rings is 1. The number of piperazine rings is 3. The Kier molecular flexibility index (Phi) is 5.15. The van der Waals surface area contributed by atoms with E-state index in [2.05, 4.69) is 11.0 Å². The molecule has 0 N–H and O–H groups in total. The van der Waals surface area contributed by atoms with E-state index in [4.69, 9.17) is 0 Å². The Bertz CT molecular complexity index is 518. The molecule has 3 aliphatic heterocycles. The minimum atomic E-state index is -0.608. The predicted octanol–water partition coefficient (Wildman–Crippen LogP) is -1.99. The van der Waals surface area contributed by atoms with Crippen molar-refractivity contribution in [1.82, 2.24) is 4.90 Å². The molecular formula is C16H20BrN3O. The van der Waals surface area contributed by atoms with E-state index in [1.807, 2.05) is 30.3 Å². The summed E-state index contributed by atoms with van der Waals surface area (Å²) in [5.41, 5.74) is 0.828. The molecule has 0 spiro atoms. The molecule has 2 bridgehead atoms. The van der Waals surface area contributed by atoms with Crippen molar-refractivity contribution in [2.75, 3.05) is 45.8 Å². The summed E-state index contributed by atoms with van der Waals surface area (Å²) < 4.78 is 0.889. The number of quaternary nitrogens is 1. The zero-order chi connectivity index (χ0) is 14.0.